The van der Waals surface area contributed by atoms with Crippen molar-refractivity contribution in [2.75, 3.05) is 31.6 Å². The van der Waals surface area contributed by atoms with E-state index in [-0.39, 0.29) is 10.8 Å². The minimum Gasteiger partial charge on any atom is -0.385 e. The fourth-order valence-corrected chi connectivity index (χ4v) is 3.57. The summed E-state index contributed by atoms with van der Waals surface area (Å²) in [5.74, 6) is -0.212. The molecule has 1 N–H and O–H groups in total. The summed E-state index contributed by atoms with van der Waals surface area (Å²) in [6.45, 7) is 1.09. The maximum atomic E-state index is 12.7. The van der Waals surface area contributed by atoms with Gasteiger partial charge in [0.15, 0.2) is 0 Å². The van der Waals surface area contributed by atoms with E-state index in [0.717, 1.165) is 10.7 Å². The molecule has 0 heterocycles. The predicted molar refractivity (Wildman–Crippen MR) is 102 cm³/mol. The lowest BCUT2D eigenvalue weighted by Crippen LogP contribution is -2.27. The van der Waals surface area contributed by atoms with Gasteiger partial charge in [0, 0.05) is 37.9 Å². The fraction of sp³-hybridized carbons (Fsp3) is 0.278. The maximum Gasteiger partial charge on any atom is 0.264 e. The molecule has 2 rings (SSSR count). The SMILES string of the molecule is COCCCNC(=O)c1ccc(N(C)S(=O)(=O)c2ccc(Cl)cc2)cc1. The molecule has 1 amide bonds. The number of amides is 1. The van der Waals surface area contributed by atoms with E-state index in [1.165, 1.54) is 31.3 Å². The Kier molecular flexibility index (Phi) is 7.02. The second-order valence-electron chi connectivity index (χ2n) is 5.58. The summed E-state index contributed by atoms with van der Waals surface area (Å²) in [5, 5.41) is 3.25. The van der Waals surface area contributed by atoms with Crippen LogP contribution in [0.25, 0.3) is 0 Å². The standard InChI is InChI=1S/C18H21ClN2O4S/c1-21(26(23,24)17-10-6-15(19)7-11-17)16-8-4-14(5-9-16)18(22)20-12-3-13-25-2/h4-11H,3,12-13H2,1-2H3,(H,20,22). The molecule has 0 saturated heterocycles. The van der Waals surface area contributed by atoms with Crippen molar-refractivity contribution in [1.29, 1.82) is 0 Å². The van der Waals surface area contributed by atoms with Crippen molar-refractivity contribution < 1.29 is 17.9 Å². The molecule has 0 fully saturated rings. The van der Waals surface area contributed by atoms with Gasteiger partial charge in [0.25, 0.3) is 15.9 Å². The first-order valence-electron chi connectivity index (χ1n) is 7.98. The van der Waals surface area contributed by atoms with Crippen molar-refractivity contribution in [3.05, 3.63) is 59.1 Å². The third-order valence-corrected chi connectivity index (χ3v) is 5.83. The van der Waals surface area contributed by atoms with E-state index in [1.807, 2.05) is 0 Å². The van der Waals surface area contributed by atoms with Crippen LogP contribution in [-0.2, 0) is 14.8 Å². The van der Waals surface area contributed by atoms with Crippen LogP contribution < -0.4 is 9.62 Å². The van der Waals surface area contributed by atoms with Crippen LogP contribution in [-0.4, -0.2) is 41.6 Å². The zero-order valence-corrected chi connectivity index (χ0v) is 16.2. The van der Waals surface area contributed by atoms with Crippen molar-refractivity contribution in [3.8, 4) is 0 Å². The first kappa shape index (κ1) is 20.2. The third-order valence-electron chi connectivity index (χ3n) is 3.78. The monoisotopic (exact) mass is 396 g/mol. The summed E-state index contributed by atoms with van der Waals surface area (Å²) in [7, 11) is -0.634. The lowest BCUT2D eigenvalue weighted by atomic mass is 10.2. The number of anilines is 1. The van der Waals surface area contributed by atoms with Crippen LogP contribution in [0.5, 0.6) is 0 Å². The van der Waals surface area contributed by atoms with Gasteiger partial charge in [-0.1, -0.05) is 11.6 Å². The van der Waals surface area contributed by atoms with Crippen molar-refractivity contribution in [2.24, 2.45) is 0 Å². The van der Waals surface area contributed by atoms with Crippen molar-refractivity contribution >= 4 is 33.2 Å². The zero-order valence-electron chi connectivity index (χ0n) is 14.6. The molecule has 0 atom stereocenters. The molecular formula is C18H21ClN2O4S. The average Bonchev–Trinajstić information content (AvgIpc) is 2.65. The number of rotatable bonds is 8. The van der Waals surface area contributed by atoms with E-state index in [9.17, 15) is 13.2 Å². The molecule has 140 valence electrons. The zero-order chi connectivity index (χ0) is 19.2. The van der Waals surface area contributed by atoms with Crippen LogP contribution in [0.3, 0.4) is 0 Å². The summed E-state index contributed by atoms with van der Waals surface area (Å²) in [6.07, 6.45) is 0.725. The van der Waals surface area contributed by atoms with Gasteiger partial charge in [-0.25, -0.2) is 8.42 Å². The number of carbonyl (C=O) groups excluding carboxylic acids is 1. The fourth-order valence-electron chi connectivity index (χ4n) is 2.25. The molecule has 0 aliphatic rings. The Hall–Kier alpha value is -2.09. The van der Waals surface area contributed by atoms with E-state index in [1.54, 1.807) is 31.4 Å². The summed E-state index contributed by atoms with van der Waals surface area (Å²) >= 11 is 5.81. The van der Waals surface area contributed by atoms with Gasteiger partial charge in [0.05, 0.1) is 10.6 Å². The van der Waals surface area contributed by atoms with Gasteiger partial charge in [-0.05, 0) is 55.0 Å². The Morgan fingerprint density at radius 2 is 1.73 bits per heavy atom. The molecule has 6 nitrogen and oxygen atoms in total. The average molecular weight is 397 g/mol. The number of nitrogens with zero attached hydrogens (tertiary/aromatic N) is 1. The van der Waals surface area contributed by atoms with Crippen LogP contribution in [0.15, 0.2) is 53.4 Å². The minimum absolute atomic E-state index is 0.143. The molecule has 0 saturated carbocycles. The Bertz CT molecular complexity index is 836. The number of nitrogens with one attached hydrogen (secondary N) is 1. The van der Waals surface area contributed by atoms with Crippen LogP contribution in [0.2, 0.25) is 5.02 Å². The van der Waals surface area contributed by atoms with E-state index < -0.39 is 10.0 Å². The highest BCUT2D eigenvalue weighted by atomic mass is 35.5. The molecule has 2 aromatic rings. The number of ether oxygens (including phenoxy) is 1. The maximum absolute atomic E-state index is 12.7. The van der Waals surface area contributed by atoms with Crippen LogP contribution in [0, 0.1) is 0 Å². The van der Waals surface area contributed by atoms with Crippen molar-refractivity contribution in [1.82, 2.24) is 5.32 Å². The molecule has 0 aromatic heterocycles. The van der Waals surface area contributed by atoms with Crippen LogP contribution in [0.4, 0.5) is 5.69 Å². The van der Waals surface area contributed by atoms with E-state index in [4.69, 9.17) is 16.3 Å². The van der Waals surface area contributed by atoms with Crippen LogP contribution >= 0.6 is 11.6 Å². The van der Waals surface area contributed by atoms with Gasteiger partial charge in [-0.3, -0.25) is 9.10 Å². The van der Waals surface area contributed by atoms with E-state index in [2.05, 4.69) is 5.32 Å². The third kappa shape index (κ3) is 4.97. The van der Waals surface area contributed by atoms with E-state index in [0.29, 0.717) is 29.4 Å². The van der Waals surface area contributed by atoms with Gasteiger partial charge in [-0.15, -0.1) is 0 Å². The first-order chi connectivity index (χ1) is 12.4. The highest BCUT2D eigenvalue weighted by Gasteiger charge is 2.21. The topological polar surface area (TPSA) is 75.7 Å². The summed E-state index contributed by atoms with van der Waals surface area (Å²) in [6, 6.07) is 12.3. The molecule has 0 spiro atoms. The van der Waals surface area contributed by atoms with Crippen LogP contribution in [0.1, 0.15) is 16.8 Å². The summed E-state index contributed by atoms with van der Waals surface area (Å²) in [4.78, 5) is 12.2. The minimum atomic E-state index is -3.70. The molecule has 0 bridgehead atoms. The molecule has 26 heavy (non-hydrogen) atoms. The predicted octanol–water partition coefficient (Wildman–Crippen LogP) is 2.93. The number of hydrogen-bond donors (Lipinski definition) is 1. The summed E-state index contributed by atoms with van der Waals surface area (Å²) < 4.78 is 31.4. The smallest absolute Gasteiger partial charge is 0.264 e. The number of sulfonamides is 1. The van der Waals surface area contributed by atoms with Gasteiger partial charge in [0.2, 0.25) is 0 Å². The second-order valence-corrected chi connectivity index (χ2v) is 7.98. The number of methoxy groups -OCH3 is 1. The Labute approximate surface area is 158 Å². The largest absolute Gasteiger partial charge is 0.385 e. The molecular weight excluding hydrogens is 376 g/mol. The molecule has 8 heteroatoms. The molecule has 2 aromatic carbocycles. The number of benzene rings is 2. The normalized spacial score (nSPS) is 11.2. The Morgan fingerprint density at radius 1 is 1.12 bits per heavy atom. The number of halogens is 1. The molecule has 0 unspecified atom stereocenters. The molecule has 0 aliphatic heterocycles. The van der Waals surface area contributed by atoms with Gasteiger partial charge in [0.1, 0.15) is 0 Å². The van der Waals surface area contributed by atoms with Gasteiger partial charge in [-0.2, -0.15) is 0 Å². The first-order valence-corrected chi connectivity index (χ1v) is 9.80. The summed E-state index contributed by atoms with van der Waals surface area (Å²) in [5.41, 5.74) is 0.916. The molecule has 0 radical (unpaired) electrons. The Balaban J connectivity index is 2.09. The lowest BCUT2D eigenvalue weighted by molar-refractivity contribution is 0.0948. The van der Waals surface area contributed by atoms with Gasteiger partial charge >= 0.3 is 0 Å². The lowest BCUT2D eigenvalue weighted by Gasteiger charge is -2.19. The Morgan fingerprint density at radius 3 is 2.31 bits per heavy atom. The van der Waals surface area contributed by atoms with Crippen molar-refractivity contribution in [2.45, 2.75) is 11.3 Å². The van der Waals surface area contributed by atoms with E-state index >= 15 is 0 Å². The highest BCUT2D eigenvalue weighted by molar-refractivity contribution is 7.92. The van der Waals surface area contributed by atoms with Gasteiger partial charge < -0.3 is 10.1 Å². The quantitative estimate of drug-likeness (QED) is 0.696. The number of hydrogen-bond acceptors (Lipinski definition) is 4. The number of carbonyl (C=O) groups is 1. The second kappa shape index (κ2) is 9.02. The van der Waals surface area contributed by atoms with Crippen molar-refractivity contribution in [3.63, 3.8) is 0 Å². The highest BCUT2D eigenvalue weighted by Crippen LogP contribution is 2.23. The molecule has 0 aliphatic carbocycles.